The van der Waals surface area contributed by atoms with Crippen molar-refractivity contribution in [1.82, 2.24) is 24.6 Å². The van der Waals surface area contributed by atoms with Gasteiger partial charge in [-0.05, 0) is 66.8 Å². The van der Waals surface area contributed by atoms with E-state index >= 15 is 0 Å². The molecule has 2 fully saturated rings. The van der Waals surface area contributed by atoms with E-state index in [-0.39, 0.29) is 16.7 Å². The minimum absolute atomic E-state index is 0.180. The van der Waals surface area contributed by atoms with Crippen molar-refractivity contribution in [3.05, 3.63) is 53.3 Å². The zero-order chi connectivity index (χ0) is 24.1. The lowest BCUT2D eigenvalue weighted by molar-refractivity contribution is -0.129. The fourth-order valence-corrected chi connectivity index (χ4v) is 7.07. The van der Waals surface area contributed by atoms with Crippen molar-refractivity contribution in [2.75, 3.05) is 12.3 Å². The summed E-state index contributed by atoms with van der Waals surface area (Å²) < 4.78 is 2.00. The van der Waals surface area contributed by atoms with Crippen LogP contribution in [0, 0.1) is 17.8 Å². The summed E-state index contributed by atoms with van der Waals surface area (Å²) in [6.45, 7) is 9.83. The molecule has 2 aliphatic rings. The zero-order valence-corrected chi connectivity index (χ0v) is 21.7. The van der Waals surface area contributed by atoms with Gasteiger partial charge in [-0.25, -0.2) is 0 Å². The Morgan fingerprint density at radius 2 is 1.91 bits per heavy atom. The summed E-state index contributed by atoms with van der Waals surface area (Å²) >= 11 is 7.89. The molecule has 3 aromatic rings. The van der Waals surface area contributed by atoms with E-state index in [4.69, 9.17) is 11.6 Å². The number of carbonyl (C=O) groups is 1. The topological polar surface area (TPSA) is 63.9 Å². The maximum atomic E-state index is 13.4. The Balaban J connectivity index is 1.43. The Bertz CT molecular complexity index is 1230. The summed E-state index contributed by atoms with van der Waals surface area (Å²) in [7, 11) is 0. The maximum Gasteiger partial charge on any atom is 0.233 e. The van der Waals surface area contributed by atoms with Gasteiger partial charge < -0.3 is 4.90 Å². The molecular weight excluding hydrogens is 466 g/mol. The number of benzene rings is 1. The van der Waals surface area contributed by atoms with E-state index in [1.807, 2.05) is 41.8 Å². The number of nitrogens with zero attached hydrogens (tertiary/aromatic N) is 5. The fraction of sp³-hybridized carbons (Fsp3) is 0.462. The van der Waals surface area contributed by atoms with Crippen LogP contribution >= 0.6 is 23.4 Å². The van der Waals surface area contributed by atoms with Crippen molar-refractivity contribution in [1.29, 1.82) is 0 Å². The Hall–Kier alpha value is -2.38. The molecule has 2 bridgehead atoms. The Labute approximate surface area is 210 Å². The molecule has 6 nitrogen and oxygen atoms in total. The first kappa shape index (κ1) is 23.4. The predicted octanol–water partition coefficient (Wildman–Crippen LogP) is 5.81. The van der Waals surface area contributed by atoms with Crippen molar-refractivity contribution < 1.29 is 4.79 Å². The number of fused-ring (bicyclic) bond motifs is 2. The molecule has 1 aliphatic carbocycles. The van der Waals surface area contributed by atoms with E-state index < -0.39 is 0 Å². The third kappa shape index (κ3) is 4.36. The van der Waals surface area contributed by atoms with Crippen molar-refractivity contribution in [3.63, 3.8) is 0 Å². The van der Waals surface area contributed by atoms with Crippen LogP contribution < -0.4 is 0 Å². The number of aromatic nitrogens is 4. The number of hydrogen-bond donors (Lipinski definition) is 0. The van der Waals surface area contributed by atoms with Gasteiger partial charge in [-0.3, -0.25) is 14.3 Å². The van der Waals surface area contributed by atoms with Crippen LogP contribution in [0.4, 0.5) is 0 Å². The summed E-state index contributed by atoms with van der Waals surface area (Å²) in [5.74, 6) is 1.22. The van der Waals surface area contributed by atoms with Crippen molar-refractivity contribution in [3.8, 4) is 17.1 Å². The number of likely N-dealkylation sites (tertiary alicyclic amines) is 1. The number of thioether (sulfide) groups is 1. The lowest BCUT2D eigenvalue weighted by Gasteiger charge is -2.39. The predicted molar refractivity (Wildman–Crippen MR) is 136 cm³/mol. The van der Waals surface area contributed by atoms with Gasteiger partial charge in [-0.1, -0.05) is 50.2 Å². The minimum atomic E-state index is 0.180. The number of amides is 1. The Morgan fingerprint density at radius 3 is 2.68 bits per heavy atom. The highest BCUT2D eigenvalue weighted by Gasteiger charge is 2.50. The number of hydrogen-bond acceptors (Lipinski definition) is 5. The molecule has 3 heterocycles. The number of carbonyl (C=O) groups excluding carboxylic acids is 1. The van der Waals surface area contributed by atoms with E-state index in [0.717, 1.165) is 36.2 Å². The molecule has 0 spiro atoms. The highest BCUT2D eigenvalue weighted by Crippen LogP contribution is 2.52. The molecule has 178 valence electrons. The van der Waals surface area contributed by atoms with Crippen molar-refractivity contribution in [2.24, 2.45) is 10.8 Å². The molecule has 0 N–H and O–H groups in total. The monoisotopic (exact) mass is 495 g/mol. The Morgan fingerprint density at radius 1 is 1.15 bits per heavy atom. The van der Waals surface area contributed by atoms with Crippen LogP contribution in [-0.2, 0) is 4.79 Å². The molecule has 1 aromatic carbocycles. The quantitative estimate of drug-likeness (QED) is 0.418. The van der Waals surface area contributed by atoms with Gasteiger partial charge in [0.1, 0.15) is 0 Å². The standard InChI is InChI=1S/C26H30ClN5OS/c1-17-20(27)6-5-7-21(17)32-23(18-8-10-28-11-9-18)29-30-24(32)34-14-22(33)31-16-26(4)13-19(31)12-25(2,3)15-26/h5-11,19H,12-16H2,1-4H3/t19-,26-/m1/s1. The summed E-state index contributed by atoms with van der Waals surface area (Å²) in [6.07, 6.45) is 6.83. The molecule has 8 heteroatoms. The summed E-state index contributed by atoms with van der Waals surface area (Å²) in [5, 5.41) is 10.3. The molecule has 2 aromatic heterocycles. The van der Waals surface area contributed by atoms with Crippen LogP contribution in [0.2, 0.25) is 5.02 Å². The molecule has 0 unspecified atom stereocenters. The van der Waals surface area contributed by atoms with Gasteiger partial charge >= 0.3 is 0 Å². The van der Waals surface area contributed by atoms with E-state index in [1.54, 1.807) is 12.4 Å². The van der Waals surface area contributed by atoms with Gasteiger partial charge in [0.15, 0.2) is 11.0 Å². The van der Waals surface area contributed by atoms with Gasteiger partial charge in [0.2, 0.25) is 5.91 Å². The van der Waals surface area contributed by atoms with Crippen LogP contribution in [0.15, 0.2) is 47.9 Å². The first-order valence-electron chi connectivity index (χ1n) is 11.7. The lowest BCUT2D eigenvalue weighted by Crippen LogP contribution is -2.38. The number of halogens is 1. The molecule has 1 saturated carbocycles. The molecule has 1 amide bonds. The smallest absolute Gasteiger partial charge is 0.233 e. The third-order valence-corrected chi connectivity index (χ3v) is 8.43. The molecular formula is C26H30ClN5OS. The van der Waals surface area contributed by atoms with E-state index in [9.17, 15) is 4.79 Å². The summed E-state index contributed by atoms with van der Waals surface area (Å²) in [6, 6.07) is 9.96. The average Bonchev–Trinajstić information content (AvgIpc) is 3.31. The zero-order valence-electron chi connectivity index (χ0n) is 20.1. The molecule has 1 aliphatic heterocycles. The molecule has 34 heavy (non-hydrogen) atoms. The van der Waals surface area contributed by atoms with E-state index in [0.29, 0.717) is 27.8 Å². The second-order valence-corrected chi connectivity index (χ2v) is 12.1. The van der Waals surface area contributed by atoms with Crippen LogP contribution in [-0.4, -0.2) is 48.9 Å². The second kappa shape index (κ2) is 8.68. The second-order valence-electron chi connectivity index (χ2n) is 10.8. The third-order valence-electron chi connectivity index (χ3n) is 7.11. The van der Waals surface area contributed by atoms with Gasteiger partial charge in [-0.15, -0.1) is 10.2 Å². The van der Waals surface area contributed by atoms with Gasteiger partial charge in [0.25, 0.3) is 0 Å². The molecule has 1 saturated heterocycles. The van der Waals surface area contributed by atoms with Gasteiger partial charge in [0.05, 0.1) is 11.4 Å². The molecule has 5 rings (SSSR count). The van der Waals surface area contributed by atoms with Gasteiger partial charge in [-0.2, -0.15) is 0 Å². The van der Waals surface area contributed by atoms with Crippen molar-refractivity contribution >= 4 is 29.3 Å². The lowest BCUT2D eigenvalue weighted by atomic mass is 9.65. The Kier molecular flexibility index (Phi) is 5.97. The van der Waals surface area contributed by atoms with Crippen LogP contribution in [0.25, 0.3) is 17.1 Å². The highest BCUT2D eigenvalue weighted by atomic mass is 35.5. The number of pyridine rings is 1. The number of rotatable bonds is 5. The first-order valence-corrected chi connectivity index (χ1v) is 13.1. The van der Waals surface area contributed by atoms with Crippen molar-refractivity contribution in [2.45, 2.75) is 58.2 Å². The maximum absolute atomic E-state index is 13.4. The van der Waals surface area contributed by atoms with E-state index in [1.165, 1.54) is 18.2 Å². The van der Waals surface area contributed by atoms with E-state index in [2.05, 4.69) is 40.9 Å². The SMILES string of the molecule is Cc1c(Cl)cccc1-n1c(SCC(=O)N2C[C@]3(C)C[C@H]2CC(C)(C)C3)nnc1-c1ccncc1. The largest absolute Gasteiger partial charge is 0.338 e. The average molecular weight is 496 g/mol. The first-order chi connectivity index (χ1) is 16.2. The highest BCUT2D eigenvalue weighted by molar-refractivity contribution is 7.99. The summed E-state index contributed by atoms with van der Waals surface area (Å²) in [4.78, 5) is 19.6. The van der Waals surface area contributed by atoms with Crippen LogP contribution in [0.3, 0.4) is 0 Å². The normalized spacial score (nSPS) is 23.3. The van der Waals surface area contributed by atoms with Crippen LogP contribution in [0.5, 0.6) is 0 Å². The summed E-state index contributed by atoms with van der Waals surface area (Å²) in [5.41, 5.74) is 3.26. The van der Waals surface area contributed by atoms with Gasteiger partial charge in [0, 0.05) is 35.6 Å². The molecule has 2 atom stereocenters. The molecule has 0 radical (unpaired) electrons. The minimum Gasteiger partial charge on any atom is -0.338 e. The fourth-order valence-electron chi connectivity index (χ4n) is 6.07. The van der Waals surface area contributed by atoms with Crippen LogP contribution in [0.1, 0.15) is 45.6 Å².